The Kier molecular flexibility index (Phi) is 3.47. The minimum atomic E-state index is 0.659. The van der Waals surface area contributed by atoms with E-state index in [1.807, 2.05) is 13.0 Å². The van der Waals surface area contributed by atoms with Crippen molar-refractivity contribution in [1.82, 2.24) is 9.97 Å². The molecule has 0 aliphatic carbocycles. The van der Waals surface area contributed by atoms with Gasteiger partial charge >= 0.3 is 0 Å². The summed E-state index contributed by atoms with van der Waals surface area (Å²) in [7, 11) is 1.67. The van der Waals surface area contributed by atoms with Crippen LogP contribution in [-0.4, -0.2) is 30.2 Å². The van der Waals surface area contributed by atoms with Crippen LogP contribution in [0.4, 0.5) is 5.95 Å². The zero-order chi connectivity index (χ0) is 8.81. The number of hydrogen-bond donors (Lipinski definition) is 1. The molecule has 0 aromatic carbocycles. The van der Waals surface area contributed by atoms with E-state index in [1.165, 1.54) is 0 Å². The largest absolute Gasteiger partial charge is 0.383 e. The number of aryl methyl sites for hydroxylation is 1. The number of nitrogens with one attached hydrogen (secondary N) is 1. The second kappa shape index (κ2) is 4.66. The lowest BCUT2D eigenvalue weighted by molar-refractivity contribution is 0.210. The van der Waals surface area contributed by atoms with Crippen LogP contribution in [-0.2, 0) is 4.74 Å². The Labute approximate surface area is 72.0 Å². The summed E-state index contributed by atoms with van der Waals surface area (Å²) in [6.45, 7) is 3.33. The van der Waals surface area contributed by atoms with Gasteiger partial charge in [0.1, 0.15) is 0 Å². The number of ether oxygens (including phenoxy) is 1. The summed E-state index contributed by atoms with van der Waals surface area (Å²) in [6, 6.07) is 1.86. The van der Waals surface area contributed by atoms with Crippen molar-refractivity contribution in [2.45, 2.75) is 6.92 Å². The maximum absolute atomic E-state index is 4.88. The first kappa shape index (κ1) is 8.93. The Morgan fingerprint density at radius 1 is 1.58 bits per heavy atom. The second-order valence-corrected chi connectivity index (χ2v) is 2.44. The van der Waals surface area contributed by atoms with E-state index in [4.69, 9.17) is 4.74 Å². The van der Waals surface area contributed by atoms with Crippen LogP contribution in [0, 0.1) is 6.92 Å². The summed E-state index contributed by atoms with van der Waals surface area (Å²) in [5.74, 6) is 0.659. The zero-order valence-corrected chi connectivity index (χ0v) is 7.37. The van der Waals surface area contributed by atoms with Gasteiger partial charge in [-0.05, 0) is 13.0 Å². The lowest BCUT2D eigenvalue weighted by atomic mass is 10.5. The van der Waals surface area contributed by atoms with Crippen LogP contribution in [0.5, 0.6) is 0 Å². The van der Waals surface area contributed by atoms with Gasteiger partial charge in [-0.2, -0.15) is 0 Å². The fourth-order valence-corrected chi connectivity index (χ4v) is 0.799. The van der Waals surface area contributed by atoms with Crippen LogP contribution in [0.15, 0.2) is 12.3 Å². The van der Waals surface area contributed by atoms with Crippen molar-refractivity contribution in [1.29, 1.82) is 0 Å². The third-order valence-electron chi connectivity index (χ3n) is 1.38. The molecule has 0 aliphatic heterocycles. The first-order valence-electron chi connectivity index (χ1n) is 3.85. The van der Waals surface area contributed by atoms with E-state index in [0.29, 0.717) is 12.6 Å². The number of nitrogens with zero attached hydrogens (tertiary/aromatic N) is 2. The minimum Gasteiger partial charge on any atom is -0.383 e. The Hall–Kier alpha value is -1.16. The van der Waals surface area contributed by atoms with Gasteiger partial charge in [0.25, 0.3) is 0 Å². The van der Waals surface area contributed by atoms with Gasteiger partial charge < -0.3 is 10.1 Å². The lowest BCUT2D eigenvalue weighted by Gasteiger charge is -2.03. The molecule has 0 aliphatic rings. The summed E-state index contributed by atoms with van der Waals surface area (Å²) in [5, 5.41) is 3.04. The quantitative estimate of drug-likeness (QED) is 0.675. The van der Waals surface area contributed by atoms with Crippen molar-refractivity contribution >= 4 is 5.95 Å². The highest BCUT2D eigenvalue weighted by atomic mass is 16.5. The summed E-state index contributed by atoms with van der Waals surface area (Å²) in [6.07, 6.45) is 1.73. The van der Waals surface area contributed by atoms with Gasteiger partial charge in [0.05, 0.1) is 6.61 Å². The van der Waals surface area contributed by atoms with Gasteiger partial charge in [-0.3, -0.25) is 0 Å². The molecule has 0 atom stereocenters. The van der Waals surface area contributed by atoms with Crippen LogP contribution in [0.25, 0.3) is 0 Å². The number of methoxy groups -OCH3 is 1. The Balaban J connectivity index is 2.41. The average molecular weight is 167 g/mol. The second-order valence-electron chi connectivity index (χ2n) is 2.44. The van der Waals surface area contributed by atoms with Crippen molar-refractivity contribution in [3.63, 3.8) is 0 Å². The summed E-state index contributed by atoms with van der Waals surface area (Å²) < 4.78 is 4.88. The molecule has 0 saturated heterocycles. The van der Waals surface area contributed by atoms with Crippen molar-refractivity contribution in [2.24, 2.45) is 0 Å². The van der Waals surface area contributed by atoms with Crippen LogP contribution >= 0.6 is 0 Å². The van der Waals surface area contributed by atoms with E-state index in [0.717, 1.165) is 12.2 Å². The van der Waals surface area contributed by atoms with Crippen molar-refractivity contribution < 1.29 is 4.74 Å². The zero-order valence-electron chi connectivity index (χ0n) is 7.37. The minimum absolute atomic E-state index is 0.659. The highest BCUT2D eigenvalue weighted by Crippen LogP contribution is 1.97. The molecule has 0 unspecified atom stereocenters. The monoisotopic (exact) mass is 167 g/mol. The van der Waals surface area contributed by atoms with E-state index in [9.17, 15) is 0 Å². The topological polar surface area (TPSA) is 47.0 Å². The Morgan fingerprint density at radius 3 is 3.08 bits per heavy atom. The first-order valence-corrected chi connectivity index (χ1v) is 3.85. The molecule has 4 heteroatoms. The number of anilines is 1. The number of aromatic nitrogens is 2. The highest BCUT2D eigenvalue weighted by Gasteiger charge is 1.93. The molecule has 66 valence electrons. The summed E-state index contributed by atoms with van der Waals surface area (Å²) in [4.78, 5) is 8.20. The molecule has 12 heavy (non-hydrogen) atoms. The van der Waals surface area contributed by atoms with Crippen LogP contribution in [0.1, 0.15) is 5.69 Å². The molecular formula is C8H13N3O. The van der Waals surface area contributed by atoms with Crippen LogP contribution < -0.4 is 5.32 Å². The molecule has 1 N–H and O–H groups in total. The average Bonchev–Trinajstić information content (AvgIpc) is 2.05. The van der Waals surface area contributed by atoms with Gasteiger partial charge in [-0.25, -0.2) is 9.97 Å². The SMILES string of the molecule is COCCNc1nccc(C)n1. The lowest BCUT2D eigenvalue weighted by Crippen LogP contribution is -2.10. The number of hydrogen-bond acceptors (Lipinski definition) is 4. The van der Waals surface area contributed by atoms with Gasteiger partial charge in [-0.1, -0.05) is 0 Å². The van der Waals surface area contributed by atoms with Gasteiger partial charge in [0.2, 0.25) is 5.95 Å². The van der Waals surface area contributed by atoms with Crippen LogP contribution in [0.3, 0.4) is 0 Å². The molecular weight excluding hydrogens is 154 g/mol. The van der Waals surface area contributed by atoms with Gasteiger partial charge in [-0.15, -0.1) is 0 Å². The molecule has 0 amide bonds. The maximum Gasteiger partial charge on any atom is 0.222 e. The standard InChI is InChI=1S/C8H13N3O/c1-7-3-4-9-8(11-7)10-5-6-12-2/h3-4H,5-6H2,1-2H3,(H,9,10,11). The normalized spacial score (nSPS) is 9.83. The smallest absolute Gasteiger partial charge is 0.222 e. The molecule has 1 aromatic heterocycles. The maximum atomic E-state index is 4.88. The third-order valence-corrected chi connectivity index (χ3v) is 1.38. The molecule has 1 aromatic rings. The molecule has 0 radical (unpaired) electrons. The van der Waals surface area contributed by atoms with E-state index in [1.54, 1.807) is 13.3 Å². The third kappa shape index (κ3) is 2.84. The Bertz CT molecular complexity index is 239. The molecule has 0 fully saturated rings. The van der Waals surface area contributed by atoms with E-state index in [-0.39, 0.29) is 0 Å². The predicted octanol–water partition coefficient (Wildman–Crippen LogP) is 0.843. The molecule has 0 saturated carbocycles. The molecule has 1 heterocycles. The van der Waals surface area contributed by atoms with Crippen LogP contribution in [0.2, 0.25) is 0 Å². The van der Waals surface area contributed by atoms with Crippen molar-refractivity contribution in [3.05, 3.63) is 18.0 Å². The summed E-state index contributed by atoms with van der Waals surface area (Å²) in [5.41, 5.74) is 0.963. The first-order chi connectivity index (χ1) is 5.83. The van der Waals surface area contributed by atoms with Gasteiger partial charge in [0.15, 0.2) is 0 Å². The predicted molar refractivity (Wildman–Crippen MR) is 47.1 cm³/mol. The Morgan fingerprint density at radius 2 is 2.42 bits per heavy atom. The number of rotatable bonds is 4. The van der Waals surface area contributed by atoms with E-state index < -0.39 is 0 Å². The van der Waals surface area contributed by atoms with Crippen molar-refractivity contribution in [3.8, 4) is 0 Å². The fourth-order valence-electron chi connectivity index (χ4n) is 0.799. The fraction of sp³-hybridized carbons (Fsp3) is 0.500. The highest BCUT2D eigenvalue weighted by molar-refractivity contribution is 5.24. The summed E-state index contributed by atoms with van der Waals surface area (Å²) >= 11 is 0. The van der Waals surface area contributed by atoms with E-state index >= 15 is 0 Å². The molecule has 0 bridgehead atoms. The van der Waals surface area contributed by atoms with Gasteiger partial charge in [0, 0.05) is 25.5 Å². The molecule has 4 nitrogen and oxygen atoms in total. The molecule has 1 rings (SSSR count). The molecule has 0 spiro atoms. The van der Waals surface area contributed by atoms with E-state index in [2.05, 4.69) is 15.3 Å². The van der Waals surface area contributed by atoms with Crippen molar-refractivity contribution in [2.75, 3.05) is 25.6 Å².